The number of hydrogen-bond donors (Lipinski definition) is 0. The van der Waals surface area contributed by atoms with Crippen LogP contribution in [0.3, 0.4) is 0 Å². The van der Waals surface area contributed by atoms with E-state index in [0.717, 1.165) is 0 Å². The summed E-state index contributed by atoms with van der Waals surface area (Å²) in [6.45, 7) is -0.280. The van der Waals surface area contributed by atoms with Gasteiger partial charge >= 0.3 is 0 Å². The van der Waals surface area contributed by atoms with Gasteiger partial charge in [0.05, 0.1) is 27.6 Å². The topological polar surface area (TPSA) is 66.9 Å². The highest BCUT2D eigenvalue weighted by molar-refractivity contribution is 7.91. The Morgan fingerprint density at radius 2 is 1.91 bits per heavy atom. The molecule has 23 heavy (non-hydrogen) atoms. The minimum atomic E-state index is -3.09. The average molecular weight is 381 g/mol. The molecule has 1 amide bonds. The smallest absolute Gasteiger partial charge is 0.275 e. The van der Waals surface area contributed by atoms with Crippen LogP contribution in [-0.4, -0.2) is 62.6 Å². The molecule has 1 aliphatic heterocycles. The maximum Gasteiger partial charge on any atom is 0.275 e. The highest BCUT2D eigenvalue weighted by atomic mass is 35.5. The molecule has 0 radical (unpaired) electrons. The van der Waals surface area contributed by atoms with Gasteiger partial charge in [-0.2, -0.15) is 0 Å². The predicted molar refractivity (Wildman–Crippen MR) is 89.5 cm³/mol. The van der Waals surface area contributed by atoms with Gasteiger partial charge in [0.2, 0.25) is 0 Å². The zero-order chi connectivity index (χ0) is 17.2. The second-order valence-electron chi connectivity index (χ2n) is 5.48. The van der Waals surface area contributed by atoms with Gasteiger partial charge in [-0.05, 0) is 18.6 Å². The number of para-hydroxylation sites is 1. The van der Waals surface area contributed by atoms with Crippen LogP contribution in [0.4, 0.5) is 0 Å². The lowest BCUT2D eigenvalue weighted by atomic mass is 10.2. The number of benzene rings is 1. The normalized spacial score (nSPS) is 19.8. The van der Waals surface area contributed by atoms with Crippen molar-refractivity contribution >= 4 is 38.9 Å². The van der Waals surface area contributed by atoms with Crippen molar-refractivity contribution in [3.05, 3.63) is 28.2 Å². The number of carbonyl (C=O) groups excluding carboxylic acids is 1. The van der Waals surface area contributed by atoms with Crippen molar-refractivity contribution in [3.8, 4) is 5.75 Å². The third-order valence-corrected chi connectivity index (χ3v) is 5.85. The molecule has 0 aliphatic carbocycles. The molecule has 0 saturated carbocycles. The third kappa shape index (κ3) is 4.50. The van der Waals surface area contributed by atoms with Crippen LogP contribution in [0.1, 0.15) is 6.42 Å². The van der Waals surface area contributed by atoms with E-state index in [2.05, 4.69) is 0 Å². The summed E-state index contributed by atoms with van der Waals surface area (Å²) < 4.78 is 28.7. The number of amides is 1. The first-order chi connectivity index (χ1) is 10.7. The van der Waals surface area contributed by atoms with Crippen LogP contribution in [-0.2, 0) is 14.6 Å². The molecule has 1 aromatic rings. The Bertz CT molecular complexity index is 674. The van der Waals surface area contributed by atoms with E-state index in [9.17, 15) is 13.2 Å². The van der Waals surface area contributed by atoms with Gasteiger partial charge in [-0.1, -0.05) is 29.3 Å². The second kappa shape index (κ2) is 7.25. The van der Waals surface area contributed by atoms with Gasteiger partial charge in [0.15, 0.2) is 22.2 Å². The Morgan fingerprint density at radius 1 is 1.30 bits per heavy atom. The average Bonchev–Trinajstić information content (AvgIpc) is 2.78. The Hall–Kier alpha value is -1.02. The number of ether oxygens (including phenoxy) is 1. The standard InChI is InChI=1S/C14H18Cl2N2O4S/c1-17(2)18(10-6-7-23(20,21)9-10)13(19)8-22-14-11(15)4-3-5-12(14)16/h3-5,10H,6-9H2,1-2H3/t10-/m0/s1. The van der Waals surface area contributed by atoms with E-state index in [0.29, 0.717) is 16.5 Å². The summed E-state index contributed by atoms with van der Waals surface area (Å²) >= 11 is 12.0. The molecular weight excluding hydrogens is 363 g/mol. The summed E-state index contributed by atoms with van der Waals surface area (Å²) in [5.74, 6) is -0.0639. The van der Waals surface area contributed by atoms with Crippen LogP contribution in [0.25, 0.3) is 0 Å². The minimum Gasteiger partial charge on any atom is -0.481 e. The van der Waals surface area contributed by atoms with Gasteiger partial charge in [-0.3, -0.25) is 9.80 Å². The fraction of sp³-hybridized carbons (Fsp3) is 0.500. The van der Waals surface area contributed by atoms with E-state index < -0.39 is 9.84 Å². The molecule has 1 aromatic carbocycles. The summed E-state index contributed by atoms with van der Waals surface area (Å²) in [6.07, 6.45) is 0.416. The lowest BCUT2D eigenvalue weighted by Crippen LogP contribution is -2.51. The largest absolute Gasteiger partial charge is 0.481 e. The van der Waals surface area contributed by atoms with E-state index in [-0.39, 0.29) is 35.8 Å². The van der Waals surface area contributed by atoms with Crippen LogP contribution in [0.2, 0.25) is 10.0 Å². The summed E-state index contributed by atoms with van der Waals surface area (Å²) in [5, 5.41) is 3.61. The van der Waals surface area contributed by atoms with E-state index in [1.54, 1.807) is 37.3 Å². The lowest BCUT2D eigenvalue weighted by molar-refractivity contribution is -0.151. The fourth-order valence-electron chi connectivity index (χ4n) is 2.54. The lowest BCUT2D eigenvalue weighted by Gasteiger charge is -2.33. The first-order valence-electron chi connectivity index (χ1n) is 6.98. The Morgan fingerprint density at radius 3 is 2.39 bits per heavy atom. The highest BCUT2D eigenvalue weighted by Crippen LogP contribution is 2.32. The van der Waals surface area contributed by atoms with Gasteiger partial charge < -0.3 is 4.74 Å². The number of halogens is 2. The van der Waals surface area contributed by atoms with Crippen LogP contribution < -0.4 is 4.74 Å². The number of hydrazine groups is 1. The summed E-state index contributed by atoms with van der Waals surface area (Å²) in [6, 6.07) is 4.52. The van der Waals surface area contributed by atoms with Crippen molar-refractivity contribution in [2.75, 3.05) is 32.2 Å². The minimum absolute atomic E-state index is 0.0379. The van der Waals surface area contributed by atoms with Crippen molar-refractivity contribution in [2.24, 2.45) is 0 Å². The molecule has 1 atom stereocenters. The number of carbonyl (C=O) groups is 1. The molecule has 6 nitrogen and oxygen atoms in total. The monoisotopic (exact) mass is 380 g/mol. The molecule has 0 N–H and O–H groups in total. The van der Waals surface area contributed by atoms with Gasteiger partial charge in [-0.15, -0.1) is 0 Å². The Labute approximate surface area is 145 Å². The first-order valence-corrected chi connectivity index (χ1v) is 9.55. The van der Waals surface area contributed by atoms with Crippen molar-refractivity contribution in [3.63, 3.8) is 0 Å². The third-order valence-electron chi connectivity index (χ3n) is 3.50. The molecule has 1 aliphatic rings. The Balaban J connectivity index is 2.08. The second-order valence-corrected chi connectivity index (χ2v) is 8.52. The van der Waals surface area contributed by atoms with Crippen molar-refractivity contribution in [1.29, 1.82) is 0 Å². The van der Waals surface area contributed by atoms with Crippen molar-refractivity contribution in [1.82, 2.24) is 10.0 Å². The molecule has 1 saturated heterocycles. The number of rotatable bonds is 5. The van der Waals surface area contributed by atoms with E-state index in [1.807, 2.05) is 0 Å². The number of sulfone groups is 1. The molecule has 0 bridgehead atoms. The summed E-state index contributed by atoms with van der Waals surface area (Å²) in [7, 11) is 0.280. The van der Waals surface area contributed by atoms with Crippen LogP contribution in [0, 0.1) is 0 Å². The first kappa shape index (κ1) is 18.3. The maximum absolute atomic E-state index is 12.5. The fourth-order valence-corrected chi connectivity index (χ4v) is 4.74. The molecule has 128 valence electrons. The van der Waals surface area contributed by atoms with Gasteiger partial charge in [0.1, 0.15) is 0 Å². The SMILES string of the molecule is CN(C)N(C(=O)COc1c(Cl)cccc1Cl)[C@H]1CCS(=O)(=O)C1. The van der Waals surface area contributed by atoms with Crippen LogP contribution >= 0.6 is 23.2 Å². The van der Waals surface area contributed by atoms with Gasteiger partial charge in [0, 0.05) is 14.1 Å². The van der Waals surface area contributed by atoms with Crippen LogP contribution in [0.15, 0.2) is 18.2 Å². The zero-order valence-corrected chi connectivity index (χ0v) is 15.2. The van der Waals surface area contributed by atoms with E-state index >= 15 is 0 Å². The molecule has 1 fully saturated rings. The predicted octanol–water partition coefficient (Wildman–Crippen LogP) is 1.86. The quantitative estimate of drug-likeness (QED) is 0.729. The van der Waals surface area contributed by atoms with Gasteiger partial charge in [-0.25, -0.2) is 13.4 Å². The number of nitrogens with zero attached hydrogens (tertiary/aromatic N) is 2. The van der Waals surface area contributed by atoms with Crippen molar-refractivity contribution in [2.45, 2.75) is 12.5 Å². The number of hydrogen-bond acceptors (Lipinski definition) is 5. The highest BCUT2D eigenvalue weighted by Gasteiger charge is 2.36. The zero-order valence-electron chi connectivity index (χ0n) is 12.8. The molecule has 0 unspecified atom stereocenters. The molecule has 2 rings (SSSR count). The van der Waals surface area contributed by atoms with E-state index in [1.165, 1.54) is 5.01 Å². The maximum atomic E-state index is 12.5. The van der Waals surface area contributed by atoms with E-state index in [4.69, 9.17) is 27.9 Å². The molecule has 9 heteroatoms. The molecular formula is C14H18Cl2N2O4S. The molecule has 1 heterocycles. The summed E-state index contributed by atoms with van der Waals surface area (Å²) in [5.41, 5.74) is 0. The van der Waals surface area contributed by atoms with Crippen molar-refractivity contribution < 1.29 is 17.9 Å². The molecule has 0 spiro atoms. The van der Waals surface area contributed by atoms with Gasteiger partial charge in [0.25, 0.3) is 5.91 Å². The summed E-state index contributed by atoms with van der Waals surface area (Å²) in [4.78, 5) is 12.5. The van der Waals surface area contributed by atoms with Crippen LogP contribution in [0.5, 0.6) is 5.75 Å². The Kier molecular flexibility index (Phi) is 5.78. The molecule has 0 aromatic heterocycles.